The van der Waals surface area contributed by atoms with Crippen LogP contribution in [-0.4, -0.2) is 26.6 Å². The van der Waals surface area contributed by atoms with E-state index in [0.29, 0.717) is 0 Å². The molecule has 0 spiro atoms. The third-order valence-corrected chi connectivity index (χ3v) is 9.42. The van der Waals surface area contributed by atoms with Crippen molar-refractivity contribution in [1.82, 2.24) is 0 Å². The molecule has 0 radical (unpaired) electrons. The molecule has 0 saturated carbocycles. The minimum Gasteiger partial charge on any atom is -0.496 e. The third-order valence-electron chi connectivity index (χ3n) is 7.50. The number of halogens is 1. The van der Waals surface area contributed by atoms with Gasteiger partial charge in [0.25, 0.3) is 0 Å². The monoisotopic (exact) mass is 610 g/mol. The van der Waals surface area contributed by atoms with Gasteiger partial charge >= 0.3 is 0 Å². The van der Waals surface area contributed by atoms with Gasteiger partial charge in [0.1, 0.15) is 11.5 Å². The van der Waals surface area contributed by atoms with E-state index in [-0.39, 0.29) is 5.37 Å². The van der Waals surface area contributed by atoms with Crippen LogP contribution in [0.25, 0.3) is 16.7 Å². The lowest BCUT2D eigenvalue weighted by molar-refractivity contribution is 0.397. The van der Waals surface area contributed by atoms with E-state index in [9.17, 15) is 0 Å². The largest absolute Gasteiger partial charge is 0.496 e. The van der Waals surface area contributed by atoms with Gasteiger partial charge in [-0.15, -0.1) is 0 Å². The molecule has 202 valence electrons. The number of methoxy groups -OCH3 is 2. The van der Waals surface area contributed by atoms with Gasteiger partial charge in [0, 0.05) is 41.3 Å². The van der Waals surface area contributed by atoms with E-state index >= 15 is 0 Å². The quantitative estimate of drug-likeness (QED) is 0.195. The number of ether oxygens (including phenoxy) is 2. The van der Waals surface area contributed by atoms with Gasteiger partial charge in [-0.05, 0) is 64.7 Å². The van der Waals surface area contributed by atoms with Crippen LogP contribution < -0.4 is 19.3 Å². The fourth-order valence-corrected chi connectivity index (χ4v) is 7.01. The Balaban J connectivity index is 1.28. The zero-order valence-corrected chi connectivity index (χ0v) is 25.2. The summed E-state index contributed by atoms with van der Waals surface area (Å²) < 4.78 is 11.3. The summed E-state index contributed by atoms with van der Waals surface area (Å²) in [7, 11) is 5.58. The highest BCUT2D eigenvalue weighted by Gasteiger charge is 2.28. The maximum absolute atomic E-state index is 5.67. The lowest BCUT2D eigenvalue weighted by Crippen LogP contribution is -2.23. The minimum atomic E-state index is 0.181. The minimum absolute atomic E-state index is 0.181. The van der Waals surface area contributed by atoms with Crippen LogP contribution >= 0.6 is 27.7 Å². The van der Waals surface area contributed by atoms with Crippen LogP contribution in [0.15, 0.2) is 108 Å². The van der Waals surface area contributed by atoms with E-state index in [1.807, 2.05) is 30.0 Å². The summed E-state index contributed by atoms with van der Waals surface area (Å²) in [5, 5.41) is 1.06. The number of allylic oxidation sites excluding steroid dienone is 2. The lowest BCUT2D eigenvalue weighted by atomic mass is 9.98. The van der Waals surface area contributed by atoms with Crippen LogP contribution in [0.4, 0.5) is 11.4 Å². The van der Waals surface area contributed by atoms with Crippen molar-refractivity contribution in [2.45, 2.75) is 22.1 Å². The SMILES string of the molecule is COc1cccc(OC)c1-c1ccc2c(c1)SC(C=C1C=CN(Cc3ccc(CBr)cc3)c3ccccc31)N2C. The molecule has 0 aliphatic carbocycles. The zero-order chi connectivity index (χ0) is 27.6. The van der Waals surface area contributed by atoms with E-state index in [2.05, 4.69) is 118 Å². The molecule has 4 nitrogen and oxygen atoms in total. The van der Waals surface area contributed by atoms with Gasteiger partial charge in [-0.2, -0.15) is 0 Å². The van der Waals surface area contributed by atoms with Gasteiger partial charge in [-0.1, -0.05) is 82.3 Å². The molecule has 4 aromatic carbocycles. The second kappa shape index (κ2) is 11.5. The van der Waals surface area contributed by atoms with Crippen molar-refractivity contribution >= 4 is 44.6 Å². The first-order valence-corrected chi connectivity index (χ1v) is 15.2. The summed E-state index contributed by atoms with van der Waals surface area (Å²) >= 11 is 5.41. The number of benzene rings is 4. The second-order valence-corrected chi connectivity index (χ2v) is 11.6. The Hall–Kier alpha value is -3.61. The summed E-state index contributed by atoms with van der Waals surface area (Å²) in [6.07, 6.45) is 6.84. The maximum atomic E-state index is 5.67. The van der Waals surface area contributed by atoms with E-state index < -0.39 is 0 Å². The van der Waals surface area contributed by atoms with Crippen LogP contribution in [0, 0.1) is 0 Å². The number of nitrogens with zero attached hydrogens (tertiary/aromatic N) is 2. The molecule has 1 unspecified atom stereocenters. The summed E-state index contributed by atoms with van der Waals surface area (Å²) in [5.41, 5.74) is 9.60. The first-order chi connectivity index (χ1) is 19.6. The number of hydrogen-bond donors (Lipinski definition) is 0. The number of hydrogen-bond acceptors (Lipinski definition) is 5. The average molecular weight is 612 g/mol. The van der Waals surface area contributed by atoms with Crippen molar-refractivity contribution in [1.29, 1.82) is 0 Å². The summed E-state index contributed by atoms with van der Waals surface area (Å²) in [5.74, 6) is 1.61. The van der Waals surface area contributed by atoms with Gasteiger partial charge in [0.15, 0.2) is 0 Å². The molecule has 0 N–H and O–H groups in total. The van der Waals surface area contributed by atoms with Gasteiger partial charge in [0.2, 0.25) is 0 Å². The Morgan fingerprint density at radius 3 is 2.30 bits per heavy atom. The number of thioether (sulfide) groups is 1. The van der Waals surface area contributed by atoms with E-state index in [1.165, 1.54) is 38.5 Å². The van der Waals surface area contributed by atoms with Gasteiger partial charge in [-0.3, -0.25) is 0 Å². The standard InChI is InChI=1S/C34H31BrN2O2S/c1-36-29-16-15-26(34-30(38-2)9-6-10-31(34)39-3)19-32(29)40-33(36)20-25-17-18-37(28-8-5-4-7-27(25)28)22-24-13-11-23(21-35)12-14-24/h4-20,33H,21-22H2,1-3H3. The smallest absolute Gasteiger partial charge is 0.130 e. The Kier molecular flexibility index (Phi) is 7.63. The fourth-order valence-electron chi connectivity index (χ4n) is 5.36. The Bertz CT molecular complexity index is 1580. The topological polar surface area (TPSA) is 24.9 Å². The van der Waals surface area contributed by atoms with Crippen molar-refractivity contribution in [3.63, 3.8) is 0 Å². The van der Waals surface area contributed by atoms with Gasteiger partial charge in [-0.25, -0.2) is 0 Å². The summed E-state index contributed by atoms with van der Waals surface area (Å²) in [6, 6.07) is 30.0. The molecule has 6 heteroatoms. The Morgan fingerprint density at radius 1 is 0.850 bits per heavy atom. The van der Waals surface area contributed by atoms with E-state index in [0.717, 1.165) is 34.5 Å². The van der Waals surface area contributed by atoms with Crippen molar-refractivity contribution < 1.29 is 9.47 Å². The van der Waals surface area contributed by atoms with Crippen molar-refractivity contribution in [2.75, 3.05) is 31.1 Å². The molecule has 4 aromatic rings. The molecule has 0 fully saturated rings. The zero-order valence-electron chi connectivity index (χ0n) is 22.8. The molecule has 1 atom stereocenters. The first-order valence-electron chi connectivity index (χ1n) is 13.2. The number of alkyl halides is 1. The Labute approximate surface area is 249 Å². The van der Waals surface area contributed by atoms with E-state index in [1.54, 1.807) is 14.2 Å². The summed E-state index contributed by atoms with van der Waals surface area (Å²) in [6.45, 7) is 0.835. The molecule has 0 aromatic heterocycles. The number of fused-ring (bicyclic) bond motifs is 2. The van der Waals surface area contributed by atoms with E-state index in [4.69, 9.17) is 9.47 Å². The molecular formula is C34H31BrN2O2S. The third kappa shape index (κ3) is 5.02. The Morgan fingerprint density at radius 2 is 1.57 bits per heavy atom. The van der Waals surface area contributed by atoms with Crippen LogP contribution in [0.5, 0.6) is 11.5 Å². The molecule has 40 heavy (non-hydrogen) atoms. The molecule has 2 aliphatic heterocycles. The van der Waals surface area contributed by atoms with Crippen LogP contribution in [0.3, 0.4) is 0 Å². The normalized spacial score (nSPS) is 16.7. The van der Waals surface area contributed by atoms with Crippen LogP contribution in [0.1, 0.15) is 16.7 Å². The molecule has 0 amide bonds. The molecule has 2 heterocycles. The maximum Gasteiger partial charge on any atom is 0.130 e. The second-order valence-electron chi connectivity index (χ2n) is 9.87. The predicted octanol–water partition coefficient (Wildman–Crippen LogP) is 8.75. The van der Waals surface area contributed by atoms with Gasteiger partial charge < -0.3 is 19.3 Å². The number of likely N-dealkylation sites (N-methyl/N-ethyl adjacent to an activating group) is 1. The molecule has 2 aliphatic rings. The molecular weight excluding hydrogens is 580 g/mol. The predicted molar refractivity (Wildman–Crippen MR) is 172 cm³/mol. The lowest BCUT2D eigenvalue weighted by Gasteiger charge is -2.29. The van der Waals surface area contributed by atoms with Crippen molar-refractivity contribution in [3.8, 4) is 22.6 Å². The van der Waals surface area contributed by atoms with Crippen molar-refractivity contribution in [3.05, 3.63) is 120 Å². The first kappa shape index (κ1) is 26.6. The highest BCUT2D eigenvalue weighted by atomic mass is 79.9. The molecule has 0 saturated heterocycles. The molecule has 0 bridgehead atoms. The average Bonchev–Trinajstić information content (AvgIpc) is 3.32. The van der Waals surface area contributed by atoms with Crippen LogP contribution in [0.2, 0.25) is 0 Å². The van der Waals surface area contributed by atoms with Crippen molar-refractivity contribution in [2.24, 2.45) is 0 Å². The summed E-state index contributed by atoms with van der Waals surface area (Å²) in [4.78, 5) is 5.93. The number of rotatable bonds is 7. The number of anilines is 2. The highest BCUT2D eigenvalue weighted by molar-refractivity contribution is 9.08. The highest BCUT2D eigenvalue weighted by Crippen LogP contribution is 2.48. The van der Waals surface area contributed by atoms with Gasteiger partial charge in [0.05, 0.1) is 30.8 Å². The molecule has 6 rings (SSSR count). The number of para-hydroxylation sites is 1. The van der Waals surface area contributed by atoms with Crippen LogP contribution in [-0.2, 0) is 11.9 Å². The fraction of sp³-hybridized carbons (Fsp3) is 0.176.